The fourth-order valence-corrected chi connectivity index (χ4v) is 2.66. The minimum Gasteiger partial charge on any atom is -0.383 e. The van der Waals surface area contributed by atoms with E-state index in [2.05, 4.69) is 0 Å². The third-order valence-electron chi connectivity index (χ3n) is 3.87. The molecule has 0 radical (unpaired) electrons. The Kier molecular flexibility index (Phi) is 3.88. The zero-order chi connectivity index (χ0) is 15.8. The molecule has 1 aromatic heterocycles. The summed E-state index contributed by atoms with van der Waals surface area (Å²) in [6.07, 6.45) is 2.18. The van der Waals surface area contributed by atoms with Crippen molar-refractivity contribution < 1.29 is 18.7 Å². The van der Waals surface area contributed by atoms with Crippen LogP contribution in [-0.2, 0) is 11.8 Å². The molecule has 21 heavy (non-hydrogen) atoms. The van der Waals surface area contributed by atoms with Gasteiger partial charge in [-0.1, -0.05) is 12.8 Å². The maximum atomic E-state index is 14.2. The minimum absolute atomic E-state index is 0.126. The highest BCUT2D eigenvalue weighted by atomic mass is 19.3. The average molecular weight is 300 g/mol. The number of alkyl halides is 2. The van der Waals surface area contributed by atoms with Crippen molar-refractivity contribution in [2.75, 3.05) is 5.32 Å². The molecule has 1 aliphatic carbocycles. The number of hydrogen-bond acceptors (Lipinski definition) is 3. The van der Waals surface area contributed by atoms with Crippen LogP contribution >= 0.6 is 0 Å². The Morgan fingerprint density at radius 2 is 2.00 bits per heavy atom. The molecule has 2 N–H and O–H groups in total. The van der Waals surface area contributed by atoms with E-state index in [1.54, 1.807) is 6.92 Å². The highest BCUT2D eigenvalue weighted by molar-refractivity contribution is 5.97. The maximum Gasteiger partial charge on any atom is 0.352 e. The van der Waals surface area contributed by atoms with Crippen molar-refractivity contribution in [1.82, 2.24) is 4.57 Å². The number of carbonyl (C=O) groups is 1. The van der Waals surface area contributed by atoms with Gasteiger partial charge in [-0.05, 0) is 31.4 Å². The maximum absolute atomic E-state index is 14.2. The van der Waals surface area contributed by atoms with Crippen molar-refractivity contribution >= 4 is 11.6 Å². The van der Waals surface area contributed by atoms with Crippen molar-refractivity contribution in [2.45, 2.75) is 44.1 Å². The highest BCUT2D eigenvalue weighted by Gasteiger charge is 2.59. The van der Waals surface area contributed by atoms with Crippen LogP contribution in [0.1, 0.15) is 31.2 Å². The Balaban J connectivity index is 2.28. The first-order valence-electron chi connectivity index (χ1n) is 6.76. The summed E-state index contributed by atoms with van der Waals surface area (Å²) in [5.41, 5.74) is -2.48. The molecule has 1 amide bonds. The van der Waals surface area contributed by atoms with Gasteiger partial charge in [0, 0.05) is 13.2 Å². The Morgan fingerprint density at radius 1 is 1.43 bits per heavy atom. The number of amides is 1. The van der Waals surface area contributed by atoms with Gasteiger partial charge in [-0.15, -0.1) is 0 Å². The second kappa shape index (κ2) is 5.22. The summed E-state index contributed by atoms with van der Waals surface area (Å²) in [5.74, 6) is -5.58. The highest BCUT2D eigenvalue weighted by Crippen LogP contribution is 2.42. The summed E-state index contributed by atoms with van der Waals surface area (Å²) < 4.78 is 29.5. The molecule has 1 aromatic rings. The summed E-state index contributed by atoms with van der Waals surface area (Å²) in [7, 11) is 1.47. The molecule has 0 aliphatic heterocycles. The molecule has 1 heterocycles. The van der Waals surface area contributed by atoms with Crippen LogP contribution in [0.15, 0.2) is 17.1 Å². The van der Waals surface area contributed by atoms with Gasteiger partial charge < -0.3 is 15.0 Å². The molecule has 7 heteroatoms. The van der Waals surface area contributed by atoms with Gasteiger partial charge in [-0.3, -0.25) is 9.59 Å². The molecule has 5 nitrogen and oxygen atoms in total. The molecule has 0 aromatic carbocycles. The first-order valence-corrected chi connectivity index (χ1v) is 6.76. The van der Waals surface area contributed by atoms with Crippen LogP contribution in [0.2, 0.25) is 0 Å². The van der Waals surface area contributed by atoms with E-state index in [1.165, 1.54) is 23.9 Å². The number of halogens is 2. The van der Waals surface area contributed by atoms with Crippen molar-refractivity contribution in [3.8, 4) is 0 Å². The number of nitrogens with one attached hydrogen (secondary N) is 1. The number of rotatable bonds is 3. The Morgan fingerprint density at radius 3 is 2.57 bits per heavy atom. The lowest BCUT2D eigenvalue weighted by Gasteiger charge is -2.30. The lowest BCUT2D eigenvalue weighted by atomic mass is 9.93. The van der Waals surface area contributed by atoms with Gasteiger partial charge in [0.15, 0.2) is 0 Å². The predicted octanol–water partition coefficient (Wildman–Crippen LogP) is 1.57. The van der Waals surface area contributed by atoms with Crippen molar-refractivity contribution in [3.05, 3.63) is 28.2 Å². The molecule has 0 saturated heterocycles. The van der Waals surface area contributed by atoms with E-state index in [1.807, 2.05) is 5.32 Å². The van der Waals surface area contributed by atoms with E-state index in [0.717, 1.165) is 0 Å². The summed E-state index contributed by atoms with van der Waals surface area (Å²) in [4.78, 5) is 23.7. The first-order chi connectivity index (χ1) is 9.67. The van der Waals surface area contributed by atoms with Gasteiger partial charge in [0.2, 0.25) is 0 Å². The zero-order valence-electron chi connectivity index (χ0n) is 11.9. The zero-order valence-corrected chi connectivity index (χ0v) is 11.9. The van der Waals surface area contributed by atoms with Gasteiger partial charge >= 0.3 is 5.92 Å². The topological polar surface area (TPSA) is 71.3 Å². The van der Waals surface area contributed by atoms with E-state index >= 15 is 0 Å². The van der Waals surface area contributed by atoms with E-state index in [-0.39, 0.29) is 18.5 Å². The second-order valence-electron chi connectivity index (χ2n) is 5.61. The molecule has 1 saturated carbocycles. The van der Waals surface area contributed by atoms with E-state index < -0.39 is 23.0 Å². The van der Waals surface area contributed by atoms with Gasteiger partial charge in [-0.2, -0.15) is 8.78 Å². The Labute approximate surface area is 120 Å². The Bertz CT molecular complexity index is 619. The normalized spacial score (nSPS) is 17.8. The van der Waals surface area contributed by atoms with Crippen LogP contribution in [0.4, 0.5) is 14.5 Å². The van der Waals surface area contributed by atoms with Crippen LogP contribution in [0.5, 0.6) is 0 Å². The van der Waals surface area contributed by atoms with Gasteiger partial charge in [0.1, 0.15) is 11.3 Å². The van der Waals surface area contributed by atoms with Crippen molar-refractivity contribution in [3.63, 3.8) is 0 Å². The smallest absolute Gasteiger partial charge is 0.352 e. The SMILES string of the molecule is Cc1cc(NC(=O)C(F)(F)C2(O)CCCC2)c(=O)n(C)c1. The first kappa shape index (κ1) is 15.6. The monoisotopic (exact) mass is 300 g/mol. The number of aromatic nitrogens is 1. The number of aliphatic hydroxyl groups is 1. The molecule has 1 aliphatic rings. The fraction of sp³-hybridized carbons (Fsp3) is 0.571. The molecule has 2 rings (SSSR count). The van der Waals surface area contributed by atoms with Gasteiger partial charge in [0.25, 0.3) is 11.5 Å². The number of carbonyl (C=O) groups excluding carboxylic acids is 1. The lowest BCUT2D eigenvalue weighted by molar-refractivity contribution is -0.185. The quantitative estimate of drug-likeness (QED) is 0.890. The third kappa shape index (κ3) is 2.70. The number of pyridine rings is 1. The molecule has 0 spiro atoms. The minimum atomic E-state index is -3.93. The van der Waals surface area contributed by atoms with E-state index in [9.17, 15) is 23.5 Å². The number of nitrogens with zero attached hydrogens (tertiary/aromatic N) is 1. The van der Waals surface area contributed by atoms with Crippen LogP contribution in [-0.4, -0.2) is 27.1 Å². The molecule has 0 unspecified atom stereocenters. The van der Waals surface area contributed by atoms with Crippen LogP contribution in [0.3, 0.4) is 0 Å². The van der Waals surface area contributed by atoms with Gasteiger partial charge in [0.05, 0.1) is 0 Å². The lowest BCUT2D eigenvalue weighted by Crippen LogP contribution is -2.54. The second-order valence-corrected chi connectivity index (χ2v) is 5.61. The largest absolute Gasteiger partial charge is 0.383 e. The summed E-state index contributed by atoms with van der Waals surface area (Å²) >= 11 is 0. The molecule has 116 valence electrons. The number of hydrogen-bond donors (Lipinski definition) is 2. The molecule has 0 atom stereocenters. The van der Waals surface area contributed by atoms with Crippen LogP contribution < -0.4 is 10.9 Å². The molecular formula is C14H18F2N2O3. The Hall–Kier alpha value is -1.76. The molecule has 1 fully saturated rings. The predicted molar refractivity (Wildman–Crippen MR) is 73.4 cm³/mol. The van der Waals surface area contributed by atoms with E-state index in [4.69, 9.17) is 0 Å². The average Bonchev–Trinajstić information content (AvgIpc) is 2.84. The van der Waals surface area contributed by atoms with Crippen LogP contribution in [0, 0.1) is 6.92 Å². The van der Waals surface area contributed by atoms with Crippen molar-refractivity contribution in [1.29, 1.82) is 0 Å². The summed E-state index contributed by atoms with van der Waals surface area (Å²) in [6, 6.07) is 1.33. The van der Waals surface area contributed by atoms with Crippen molar-refractivity contribution in [2.24, 2.45) is 7.05 Å². The molecule has 0 bridgehead atoms. The standard InChI is InChI=1S/C14H18F2N2O3/c1-9-7-10(11(19)18(2)8-9)17-12(20)14(15,16)13(21)5-3-4-6-13/h7-8,21H,3-6H2,1-2H3,(H,17,20). The number of aryl methyl sites for hydroxylation is 2. The summed E-state index contributed by atoms with van der Waals surface area (Å²) in [5, 5.41) is 11.9. The fourth-order valence-electron chi connectivity index (χ4n) is 2.66. The van der Waals surface area contributed by atoms with E-state index in [0.29, 0.717) is 18.4 Å². The summed E-state index contributed by atoms with van der Waals surface area (Å²) in [6.45, 7) is 1.68. The van der Waals surface area contributed by atoms with Gasteiger partial charge in [-0.25, -0.2) is 0 Å². The third-order valence-corrected chi connectivity index (χ3v) is 3.87. The van der Waals surface area contributed by atoms with Crippen LogP contribution in [0.25, 0.3) is 0 Å². The number of anilines is 1. The molecular weight excluding hydrogens is 282 g/mol.